The summed E-state index contributed by atoms with van der Waals surface area (Å²) in [7, 11) is 1.65. The lowest BCUT2D eigenvalue weighted by Crippen LogP contribution is -2.37. The van der Waals surface area contributed by atoms with Crippen LogP contribution in [0.5, 0.6) is 0 Å². The molecule has 0 bridgehead atoms. The van der Waals surface area contributed by atoms with Gasteiger partial charge in [0.25, 0.3) is 0 Å². The van der Waals surface area contributed by atoms with E-state index in [1.165, 1.54) is 12.1 Å². The Kier molecular flexibility index (Phi) is 8.83. The van der Waals surface area contributed by atoms with Gasteiger partial charge in [-0.25, -0.2) is 0 Å². The van der Waals surface area contributed by atoms with Crippen molar-refractivity contribution in [2.24, 2.45) is 4.99 Å². The largest absolute Gasteiger partial charge is 0.416 e. The zero-order valence-corrected chi connectivity index (χ0v) is 16.9. The van der Waals surface area contributed by atoms with E-state index < -0.39 is 11.7 Å². The first-order valence-electron chi connectivity index (χ1n) is 7.90. The fourth-order valence-corrected chi connectivity index (χ4v) is 2.19. The molecule has 0 atom stereocenters. The molecule has 0 aliphatic rings. The molecule has 8 heteroatoms. The standard InChI is InChI=1S/C18H21F3N4.HI/c1-13-3-4-15(11-24-13)9-10-23-17(22-2)25-12-14-5-7-16(8-6-14)18(19,20)21;/h3-8,11H,9-10,12H2,1-2H3,(H2,22,23,25);1H. The summed E-state index contributed by atoms with van der Waals surface area (Å²) in [6, 6.07) is 9.08. The highest BCUT2D eigenvalue weighted by Gasteiger charge is 2.29. The van der Waals surface area contributed by atoms with Crippen LogP contribution < -0.4 is 10.6 Å². The van der Waals surface area contributed by atoms with Crippen molar-refractivity contribution in [3.8, 4) is 0 Å². The maximum Gasteiger partial charge on any atom is 0.416 e. The number of rotatable bonds is 5. The Morgan fingerprint density at radius 2 is 1.69 bits per heavy atom. The highest BCUT2D eigenvalue weighted by Crippen LogP contribution is 2.28. The summed E-state index contributed by atoms with van der Waals surface area (Å²) in [4.78, 5) is 8.35. The molecule has 0 radical (unpaired) electrons. The minimum atomic E-state index is -4.31. The zero-order valence-electron chi connectivity index (χ0n) is 14.6. The molecule has 2 rings (SSSR count). The molecule has 1 aromatic carbocycles. The molecule has 0 saturated carbocycles. The molecule has 0 aliphatic carbocycles. The molecule has 0 saturated heterocycles. The molecule has 2 N–H and O–H groups in total. The third kappa shape index (κ3) is 7.19. The van der Waals surface area contributed by atoms with Crippen LogP contribution in [0.2, 0.25) is 0 Å². The number of halogens is 4. The third-order valence-corrected chi connectivity index (χ3v) is 3.64. The molecule has 142 valence electrons. The summed E-state index contributed by atoms with van der Waals surface area (Å²) in [5, 5.41) is 6.25. The van der Waals surface area contributed by atoms with Crippen molar-refractivity contribution < 1.29 is 13.2 Å². The van der Waals surface area contributed by atoms with Crippen LogP contribution in [-0.4, -0.2) is 24.5 Å². The van der Waals surface area contributed by atoms with Gasteiger partial charge >= 0.3 is 6.18 Å². The van der Waals surface area contributed by atoms with Gasteiger partial charge in [-0.2, -0.15) is 13.2 Å². The SMILES string of the molecule is CN=C(NCCc1ccc(C)nc1)NCc1ccc(C(F)(F)F)cc1.I. The molecule has 1 aromatic heterocycles. The average Bonchev–Trinajstić information content (AvgIpc) is 2.59. The fourth-order valence-electron chi connectivity index (χ4n) is 2.19. The molecule has 26 heavy (non-hydrogen) atoms. The number of nitrogens with zero attached hydrogens (tertiary/aromatic N) is 2. The molecule has 0 amide bonds. The topological polar surface area (TPSA) is 49.3 Å². The highest BCUT2D eigenvalue weighted by molar-refractivity contribution is 14.0. The lowest BCUT2D eigenvalue weighted by molar-refractivity contribution is -0.137. The van der Waals surface area contributed by atoms with E-state index in [0.29, 0.717) is 19.0 Å². The summed E-state index contributed by atoms with van der Waals surface area (Å²) in [6.07, 6.45) is -1.67. The van der Waals surface area contributed by atoms with E-state index >= 15 is 0 Å². The van der Waals surface area contributed by atoms with E-state index in [9.17, 15) is 13.2 Å². The zero-order chi connectivity index (χ0) is 18.3. The second kappa shape index (κ2) is 10.3. The van der Waals surface area contributed by atoms with Crippen LogP contribution in [0, 0.1) is 6.92 Å². The number of alkyl halides is 3. The molecule has 1 heterocycles. The van der Waals surface area contributed by atoms with Gasteiger partial charge in [0, 0.05) is 32.0 Å². The van der Waals surface area contributed by atoms with Crippen molar-refractivity contribution >= 4 is 29.9 Å². The Morgan fingerprint density at radius 3 is 2.23 bits per heavy atom. The first-order valence-corrected chi connectivity index (χ1v) is 7.90. The second-order valence-corrected chi connectivity index (χ2v) is 5.61. The van der Waals surface area contributed by atoms with Gasteiger partial charge in [-0.1, -0.05) is 18.2 Å². The van der Waals surface area contributed by atoms with Crippen LogP contribution >= 0.6 is 24.0 Å². The number of aliphatic imine (C=N–C) groups is 1. The summed E-state index contributed by atoms with van der Waals surface area (Å²) in [6.45, 7) is 3.01. The molecule has 4 nitrogen and oxygen atoms in total. The summed E-state index contributed by atoms with van der Waals surface area (Å²) in [5.41, 5.74) is 2.20. The van der Waals surface area contributed by atoms with E-state index in [4.69, 9.17) is 0 Å². The number of hydrogen-bond acceptors (Lipinski definition) is 2. The van der Waals surface area contributed by atoms with Crippen molar-refractivity contribution in [3.05, 3.63) is 65.0 Å². The fraction of sp³-hybridized carbons (Fsp3) is 0.333. The molecular weight excluding hydrogens is 456 g/mol. The second-order valence-electron chi connectivity index (χ2n) is 5.61. The van der Waals surface area contributed by atoms with E-state index in [1.807, 2.05) is 25.3 Å². The quantitative estimate of drug-likeness (QED) is 0.389. The van der Waals surface area contributed by atoms with Crippen molar-refractivity contribution in [3.63, 3.8) is 0 Å². The number of benzene rings is 1. The summed E-state index contributed by atoms with van der Waals surface area (Å²) >= 11 is 0. The Labute approximate surface area is 168 Å². The normalized spacial score (nSPS) is 11.7. The van der Waals surface area contributed by atoms with Crippen molar-refractivity contribution in [1.82, 2.24) is 15.6 Å². The minimum Gasteiger partial charge on any atom is -0.356 e. The van der Waals surface area contributed by atoms with E-state index in [-0.39, 0.29) is 24.0 Å². The van der Waals surface area contributed by atoms with Crippen molar-refractivity contribution in [2.45, 2.75) is 26.1 Å². The predicted octanol–water partition coefficient (Wildman–Crippen LogP) is 3.93. The van der Waals surface area contributed by atoms with Gasteiger partial charge in [0.15, 0.2) is 5.96 Å². The Morgan fingerprint density at radius 1 is 1.04 bits per heavy atom. The van der Waals surface area contributed by atoms with Gasteiger partial charge in [-0.15, -0.1) is 24.0 Å². The number of aryl methyl sites for hydroxylation is 1. The number of guanidine groups is 1. The monoisotopic (exact) mass is 478 g/mol. The molecule has 0 fully saturated rings. The van der Waals surface area contributed by atoms with Crippen LogP contribution in [0.1, 0.15) is 22.4 Å². The van der Waals surface area contributed by atoms with Crippen LogP contribution in [0.4, 0.5) is 13.2 Å². The first kappa shape index (κ1) is 22.2. The molecular formula is C18H22F3IN4. The van der Waals surface area contributed by atoms with Crippen LogP contribution in [-0.2, 0) is 19.1 Å². The molecule has 0 unspecified atom stereocenters. The van der Waals surface area contributed by atoms with Crippen LogP contribution in [0.25, 0.3) is 0 Å². The van der Waals surface area contributed by atoms with Crippen molar-refractivity contribution in [2.75, 3.05) is 13.6 Å². The highest BCUT2D eigenvalue weighted by atomic mass is 127. The van der Waals surface area contributed by atoms with Gasteiger partial charge in [0.2, 0.25) is 0 Å². The number of aromatic nitrogens is 1. The Bertz CT molecular complexity index is 698. The maximum absolute atomic E-state index is 12.5. The Balaban J connectivity index is 0.00000338. The number of hydrogen-bond donors (Lipinski definition) is 2. The first-order chi connectivity index (χ1) is 11.9. The van der Waals surface area contributed by atoms with Gasteiger partial charge in [0.05, 0.1) is 5.56 Å². The number of nitrogens with one attached hydrogen (secondary N) is 2. The Hall–Kier alpha value is -1.84. The summed E-state index contributed by atoms with van der Waals surface area (Å²) in [5.74, 6) is 0.597. The lowest BCUT2D eigenvalue weighted by Gasteiger charge is -2.12. The number of pyridine rings is 1. The molecule has 0 aliphatic heterocycles. The van der Waals surface area contributed by atoms with Crippen LogP contribution in [0.15, 0.2) is 47.6 Å². The molecule has 2 aromatic rings. The van der Waals surface area contributed by atoms with Crippen LogP contribution in [0.3, 0.4) is 0 Å². The van der Waals surface area contributed by atoms with E-state index in [1.54, 1.807) is 7.05 Å². The van der Waals surface area contributed by atoms with Crippen molar-refractivity contribution in [1.29, 1.82) is 0 Å². The minimum absolute atomic E-state index is 0. The average molecular weight is 478 g/mol. The summed E-state index contributed by atoms with van der Waals surface area (Å²) < 4.78 is 37.6. The third-order valence-electron chi connectivity index (χ3n) is 3.64. The van der Waals surface area contributed by atoms with E-state index in [2.05, 4.69) is 20.6 Å². The predicted molar refractivity (Wildman–Crippen MR) is 108 cm³/mol. The van der Waals surface area contributed by atoms with Gasteiger partial charge < -0.3 is 10.6 Å². The molecule has 0 spiro atoms. The van der Waals surface area contributed by atoms with E-state index in [0.717, 1.165) is 35.4 Å². The smallest absolute Gasteiger partial charge is 0.356 e. The van der Waals surface area contributed by atoms with Gasteiger partial charge in [0.1, 0.15) is 0 Å². The maximum atomic E-state index is 12.5. The van der Waals surface area contributed by atoms with Gasteiger partial charge in [-0.05, 0) is 42.7 Å². The van der Waals surface area contributed by atoms with Gasteiger partial charge in [-0.3, -0.25) is 9.98 Å². The lowest BCUT2D eigenvalue weighted by atomic mass is 10.1.